The summed E-state index contributed by atoms with van der Waals surface area (Å²) in [6.07, 6.45) is 2.14. The van der Waals surface area contributed by atoms with Gasteiger partial charge in [-0.25, -0.2) is 0 Å². The standard InChI is InChI=1S/C25H21ClN2O4/c1-31-25(30)22(27)12-15-6-9-17(10-7-15)32-18-11-8-16(21(26)14-18)13-20-19-4-2-3-5-23(19)28-24(20)29/h2-11,13-14,22H,12,27H2,1H3,(H,28,29)/b20-13+/t22-/m1/s1. The maximum absolute atomic E-state index is 12.3. The van der Waals surface area contributed by atoms with Gasteiger partial charge in [-0.2, -0.15) is 0 Å². The van der Waals surface area contributed by atoms with E-state index in [0.29, 0.717) is 34.1 Å². The van der Waals surface area contributed by atoms with Crippen LogP contribution >= 0.6 is 11.6 Å². The molecule has 0 saturated carbocycles. The van der Waals surface area contributed by atoms with E-state index in [1.54, 1.807) is 30.3 Å². The van der Waals surface area contributed by atoms with Crippen molar-refractivity contribution in [2.75, 3.05) is 12.4 Å². The molecule has 0 aliphatic carbocycles. The zero-order chi connectivity index (χ0) is 22.7. The largest absolute Gasteiger partial charge is 0.468 e. The maximum atomic E-state index is 12.3. The second-order valence-electron chi connectivity index (χ2n) is 7.32. The van der Waals surface area contributed by atoms with Gasteiger partial charge >= 0.3 is 5.97 Å². The Bertz CT molecular complexity index is 1200. The van der Waals surface area contributed by atoms with Gasteiger partial charge in [0.1, 0.15) is 17.5 Å². The van der Waals surface area contributed by atoms with Crippen LogP contribution in [0, 0.1) is 0 Å². The molecule has 1 heterocycles. The number of ether oxygens (including phenoxy) is 2. The van der Waals surface area contributed by atoms with Crippen LogP contribution in [0.5, 0.6) is 11.5 Å². The number of hydrogen-bond donors (Lipinski definition) is 2. The molecule has 0 unspecified atom stereocenters. The van der Waals surface area contributed by atoms with Gasteiger partial charge in [-0.1, -0.05) is 41.9 Å². The summed E-state index contributed by atoms with van der Waals surface area (Å²) in [5, 5.41) is 3.31. The van der Waals surface area contributed by atoms with Gasteiger partial charge in [-0.15, -0.1) is 0 Å². The highest BCUT2D eigenvalue weighted by atomic mass is 35.5. The number of esters is 1. The van der Waals surface area contributed by atoms with E-state index in [1.165, 1.54) is 7.11 Å². The van der Waals surface area contributed by atoms with E-state index in [-0.39, 0.29) is 5.91 Å². The normalized spacial score (nSPS) is 14.6. The number of para-hydroxylation sites is 1. The first-order valence-corrected chi connectivity index (χ1v) is 10.3. The fourth-order valence-electron chi connectivity index (χ4n) is 3.44. The van der Waals surface area contributed by atoms with E-state index in [9.17, 15) is 9.59 Å². The van der Waals surface area contributed by atoms with Gasteiger partial charge in [0.15, 0.2) is 0 Å². The van der Waals surface area contributed by atoms with Crippen molar-refractivity contribution < 1.29 is 19.1 Å². The molecular weight excluding hydrogens is 428 g/mol. The van der Waals surface area contributed by atoms with Crippen LogP contribution < -0.4 is 15.8 Å². The molecule has 162 valence electrons. The Hall–Kier alpha value is -3.61. The van der Waals surface area contributed by atoms with Crippen LogP contribution in [0.15, 0.2) is 66.7 Å². The molecule has 6 nitrogen and oxygen atoms in total. The number of nitrogens with two attached hydrogens (primary N) is 1. The number of hydrogen-bond acceptors (Lipinski definition) is 5. The van der Waals surface area contributed by atoms with Crippen molar-refractivity contribution in [2.45, 2.75) is 12.5 Å². The molecule has 32 heavy (non-hydrogen) atoms. The van der Waals surface area contributed by atoms with Crippen LogP contribution in [0.3, 0.4) is 0 Å². The summed E-state index contributed by atoms with van der Waals surface area (Å²) in [4.78, 5) is 23.8. The Balaban J connectivity index is 1.47. The Morgan fingerprint density at radius 2 is 1.81 bits per heavy atom. The van der Waals surface area contributed by atoms with Gasteiger partial charge in [0.25, 0.3) is 5.91 Å². The van der Waals surface area contributed by atoms with Gasteiger partial charge in [-0.3, -0.25) is 9.59 Å². The zero-order valence-electron chi connectivity index (χ0n) is 17.3. The highest BCUT2D eigenvalue weighted by molar-refractivity contribution is 6.37. The molecule has 3 aromatic carbocycles. The van der Waals surface area contributed by atoms with E-state index in [0.717, 1.165) is 16.8 Å². The molecule has 0 spiro atoms. The maximum Gasteiger partial charge on any atom is 0.322 e. The van der Waals surface area contributed by atoms with Crippen molar-refractivity contribution in [2.24, 2.45) is 5.73 Å². The molecule has 1 atom stereocenters. The van der Waals surface area contributed by atoms with E-state index >= 15 is 0 Å². The van der Waals surface area contributed by atoms with Crippen molar-refractivity contribution in [3.05, 3.63) is 88.4 Å². The fraction of sp³-hybridized carbons (Fsp3) is 0.120. The Morgan fingerprint density at radius 3 is 2.53 bits per heavy atom. The zero-order valence-corrected chi connectivity index (χ0v) is 18.1. The summed E-state index contributed by atoms with van der Waals surface area (Å²) in [5.41, 5.74) is 9.61. The predicted octanol–water partition coefficient (Wildman–Crippen LogP) is 4.67. The van der Waals surface area contributed by atoms with Crippen molar-refractivity contribution in [3.8, 4) is 11.5 Å². The average Bonchev–Trinajstić information content (AvgIpc) is 3.11. The lowest BCUT2D eigenvalue weighted by molar-refractivity contribution is -0.142. The fourth-order valence-corrected chi connectivity index (χ4v) is 3.67. The number of halogens is 1. The number of rotatable bonds is 6. The quantitative estimate of drug-likeness (QED) is 0.422. The number of fused-ring (bicyclic) bond motifs is 1. The van der Waals surface area contributed by atoms with E-state index in [1.807, 2.05) is 42.5 Å². The number of methoxy groups -OCH3 is 1. The highest BCUT2D eigenvalue weighted by Crippen LogP contribution is 2.35. The summed E-state index contributed by atoms with van der Waals surface area (Å²) in [6, 6.07) is 19.4. The van der Waals surface area contributed by atoms with E-state index in [4.69, 9.17) is 22.1 Å². The lowest BCUT2D eigenvalue weighted by Crippen LogP contribution is -2.33. The van der Waals surface area contributed by atoms with Gasteiger partial charge in [-0.05, 0) is 60.0 Å². The summed E-state index contributed by atoms with van der Waals surface area (Å²) in [5.74, 6) is 0.572. The van der Waals surface area contributed by atoms with Crippen molar-refractivity contribution in [3.63, 3.8) is 0 Å². The van der Waals surface area contributed by atoms with Crippen LogP contribution in [0.4, 0.5) is 5.69 Å². The SMILES string of the molecule is COC(=O)[C@H](N)Cc1ccc(Oc2ccc(/C=C3/C(=O)Nc4ccccc43)c(Cl)c2)cc1. The number of nitrogens with one attached hydrogen (secondary N) is 1. The Kier molecular flexibility index (Phi) is 6.25. The number of carbonyl (C=O) groups is 2. The molecule has 1 aliphatic heterocycles. The van der Waals surface area contributed by atoms with Crippen LogP contribution in [0.25, 0.3) is 11.6 Å². The third-order valence-corrected chi connectivity index (χ3v) is 5.43. The molecule has 0 fully saturated rings. The molecule has 0 radical (unpaired) electrons. The first-order chi connectivity index (χ1) is 15.4. The first-order valence-electron chi connectivity index (χ1n) is 9.97. The molecule has 1 amide bonds. The first kappa shape index (κ1) is 21.6. The van der Waals surface area contributed by atoms with Gasteiger partial charge in [0.05, 0.1) is 12.1 Å². The summed E-state index contributed by atoms with van der Waals surface area (Å²) >= 11 is 6.46. The Morgan fingerprint density at radius 1 is 1.09 bits per heavy atom. The van der Waals surface area contributed by atoms with Crippen molar-refractivity contribution >= 4 is 40.8 Å². The number of anilines is 1. The topological polar surface area (TPSA) is 90.7 Å². The monoisotopic (exact) mass is 448 g/mol. The Labute approximate surface area is 190 Å². The van der Waals surface area contributed by atoms with Crippen LogP contribution in [0.2, 0.25) is 5.02 Å². The van der Waals surface area contributed by atoms with Crippen LogP contribution in [-0.4, -0.2) is 25.0 Å². The minimum Gasteiger partial charge on any atom is -0.468 e. The molecule has 0 bridgehead atoms. The predicted molar refractivity (Wildman–Crippen MR) is 125 cm³/mol. The molecule has 4 rings (SSSR count). The minimum atomic E-state index is -0.707. The number of benzene rings is 3. The summed E-state index contributed by atoms with van der Waals surface area (Å²) < 4.78 is 10.5. The molecule has 7 heteroatoms. The summed E-state index contributed by atoms with van der Waals surface area (Å²) in [7, 11) is 1.31. The van der Waals surface area contributed by atoms with E-state index < -0.39 is 12.0 Å². The van der Waals surface area contributed by atoms with Crippen molar-refractivity contribution in [1.82, 2.24) is 0 Å². The number of carbonyl (C=O) groups excluding carboxylic acids is 2. The highest BCUT2D eigenvalue weighted by Gasteiger charge is 2.23. The second-order valence-corrected chi connectivity index (χ2v) is 7.73. The van der Waals surface area contributed by atoms with E-state index in [2.05, 4.69) is 10.1 Å². The smallest absolute Gasteiger partial charge is 0.322 e. The van der Waals surface area contributed by atoms with Crippen LogP contribution in [-0.2, 0) is 20.7 Å². The van der Waals surface area contributed by atoms with Gasteiger partial charge in [0, 0.05) is 16.8 Å². The average molecular weight is 449 g/mol. The van der Waals surface area contributed by atoms with Gasteiger partial charge in [0.2, 0.25) is 0 Å². The minimum absolute atomic E-state index is 0.158. The van der Waals surface area contributed by atoms with Crippen molar-refractivity contribution in [1.29, 1.82) is 0 Å². The molecular formula is C25H21ClN2O4. The lowest BCUT2D eigenvalue weighted by Gasteiger charge is -2.11. The third kappa shape index (κ3) is 4.66. The third-order valence-electron chi connectivity index (χ3n) is 5.10. The van der Waals surface area contributed by atoms with Gasteiger partial charge < -0.3 is 20.5 Å². The molecule has 1 aliphatic rings. The molecule has 0 aromatic heterocycles. The molecule has 3 aromatic rings. The summed E-state index contributed by atoms with van der Waals surface area (Å²) in [6.45, 7) is 0. The second kappa shape index (κ2) is 9.26. The molecule has 0 saturated heterocycles. The lowest BCUT2D eigenvalue weighted by atomic mass is 10.0. The number of amides is 1. The molecule has 3 N–H and O–H groups in total. The van der Waals surface area contributed by atoms with Crippen LogP contribution in [0.1, 0.15) is 16.7 Å².